The summed E-state index contributed by atoms with van der Waals surface area (Å²) >= 11 is 0. The van der Waals surface area contributed by atoms with E-state index >= 15 is 0 Å². The molecule has 3 rings (SSSR count). The first-order valence-corrected chi connectivity index (χ1v) is 7.22. The second-order valence-electron chi connectivity index (χ2n) is 5.02. The molecule has 24 heavy (non-hydrogen) atoms. The van der Waals surface area contributed by atoms with Crippen LogP contribution in [0.5, 0.6) is 11.5 Å². The van der Waals surface area contributed by atoms with Gasteiger partial charge in [0.15, 0.2) is 17.7 Å². The normalized spacial score (nSPS) is 15.4. The Bertz CT molecular complexity index is 776. The van der Waals surface area contributed by atoms with E-state index in [4.69, 9.17) is 14.2 Å². The fraction of sp³-hybridized carbons (Fsp3) is 0.176. The van der Waals surface area contributed by atoms with Crippen molar-refractivity contribution < 1.29 is 23.8 Å². The Hall–Kier alpha value is -3.06. The maximum atomic E-state index is 12.1. The van der Waals surface area contributed by atoms with E-state index in [9.17, 15) is 9.59 Å². The fourth-order valence-electron chi connectivity index (χ4n) is 2.50. The Balaban J connectivity index is 1.79. The van der Waals surface area contributed by atoms with Crippen LogP contribution in [0.2, 0.25) is 0 Å². The highest BCUT2D eigenvalue weighted by Crippen LogP contribution is 2.40. The summed E-state index contributed by atoms with van der Waals surface area (Å²) < 4.78 is 15.7. The molecule has 0 radical (unpaired) electrons. The van der Waals surface area contributed by atoms with Crippen molar-refractivity contribution in [2.75, 3.05) is 14.2 Å². The van der Waals surface area contributed by atoms with E-state index in [-0.39, 0.29) is 11.5 Å². The fourth-order valence-corrected chi connectivity index (χ4v) is 2.50. The lowest BCUT2D eigenvalue weighted by atomic mass is 10.1. The first kappa shape index (κ1) is 15.8. The Kier molecular flexibility index (Phi) is 4.35. The van der Waals surface area contributed by atoms with Gasteiger partial charge in [0.2, 0.25) is 0 Å². The first-order valence-electron chi connectivity index (χ1n) is 7.22. The second-order valence-corrected chi connectivity index (χ2v) is 5.02. The molecule has 0 spiro atoms. The van der Waals surface area contributed by atoms with E-state index in [0.29, 0.717) is 22.6 Å². The average molecular weight is 328 g/mol. The predicted molar refractivity (Wildman–Crippen MR) is 84.7 cm³/mol. The van der Waals surface area contributed by atoms with Gasteiger partial charge in [0.05, 0.1) is 14.2 Å². The topological polar surface area (TPSA) is 85.9 Å². The molecule has 2 N–H and O–H groups in total. The lowest BCUT2D eigenvalue weighted by Crippen LogP contribution is -2.40. The Labute approximate surface area is 138 Å². The maximum Gasteiger partial charge on any atom is 0.344 e. The van der Waals surface area contributed by atoms with Crippen molar-refractivity contribution in [3.63, 3.8) is 0 Å². The van der Waals surface area contributed by atoms with Crippen molar-refractivity contribution in [2.45, 2.75) is 6.23 Å². The Morgan fingerprint density at radius 3 is 2.50 bits per heavy atom. The Morgan fingerprint density at radius 1 is 1.08 bits per heavy atom. The van der Waals surface area contributed by atoms with Crippen LogP contribution >= 0.6 is 0 Å². The third kappa shape index (κ3) is 2.77. The highest BCUT2D eigenvalue weighted by molar-refractivity contribution is 5.98. The van der Waals surface area contributed by atoms with E-state index in [1.165, 1.54) is 14.2 Å². The predicted octanol–water partition coefficient (Wildman–Crippen LogP) is 1.81. The van der Waals surface area contributed by atoms with Gasteiger partial charge >= 0.3 is 5.97 Å². The largest absolute Gasteiger partial charge is 0.493 e. The summed E-state index contributed by atoms with van der Waals surface area (Å²) in [5.41, 5.74) is 6.58. The molecule has 124 valence electrons. The number of nitrogens with one attached hydrogen (secondary N) is 2. The molecule has 1 unspecified atom stereocenters. The van der Waals surface area contributed by atoms with Crippen molar-refractivity contribution in [3.05, 3.63) is 59.2 Å². The van der Waals surface area contributed by atoms with Crippen molar-refractivity contribution in [2.24, 2.45) is 0 Å². The van der Waals surface area contributed by atoms with Crippen molar-refractivity contribution >= 4 is 11.9 Å². The number of amides is 1. The number of cyclic esters (lactones) is 1. The zero-order valence-corrected chi connectivity index (χ0v) is 13.2. The van der Waals surface area contributed by atoms with E-state index in [1.807, 2.05) is 6.07 Å². The zero-order chi connectivity index (χ0) is 17.1. The summed E-state index contributed by atoms with van der Waals surface area (Å²) in [6, 6.07) is 12.1. The van der Waals surface area contributed by atoms with Gasteiger partial charge in [-0.1, -0.05) is 18.2 Å². The molecule has 1 aliphatic rings. The summed E-state index contributed by atoms with van der Waals surface area (Å²) in [5, 5.41) is 0. The highest BCUT2D eigenvalue weighted by Gasteiger charge is 2.36. The van der Waals surface area contributed by atoms with Crippen LogP contribution in [0, 0.1) is 0 Å². The molecule has 1 aliphatic heterocycles. The molecule has 1 atom stereocenters. The van der Waals surface area contributed by atoms with Gasteiger partial charge in [-0.3, -0.25) is 10.2 Å². The minimum Gasteiger partial charge on any atom is -0.493 e. The minimum absolute atomic E-state index is 0.281. The summed E-state index contributed by atoms with van der Waals surface area (Å²) in [5.74, 6) is -0.145. The lowest BCUT2D eigenvalue weighted by molar-refractivity contribution is 0.0260. The second kappa shape index (κ2) is 6.59. The summed E-state index contributed by atoms with van der Waals surface area (Å²) in [4.78, 5) is 24.2. The van der Waals surface area contributed by atoms with Gasteiger partial charge in [0, 0.05) is 11.1 Å². The molecule has 0 fully saturated rings. The van der Waals surface area contributed by atoms with Crippen LogP contribution in [-0.2, 0) is 4.74 Å². The number of hydrazine groups is 1. The quantitative estimate of drug-likeness (QED) is 0.643. The van der Waals surface area contributed by atoms with Gasteiger partial charge < -0.3 is 14.2 Å². The van der Waals surface area contributed by atoms with Crippen LogP contribution in [-0.4, -0.2) is 26.1 Å². The summed E-state index contributed by atoms with van der Waals surface area (Å²) in [7, 11) is 2.93. The van der Waals surface area contributed by atoms with Crippen LogP contribution in [0.25, 0.3) is 0 Å². The van der Waals surface area contributed by atoms with E-state index in [0.717, 1.165) is 0 Å². The number of rotatable bonds is 5. The molecule has 1 heterocycles. The van der Waals surface area contributed by atoms with Crippen molar-refractivity contribution in [1.82, 2.24) is 10.9 Å². The monoisotopic (exact) mass is 328 g/mol. The minimum atomic E-state index is -0.806. The zero-order valence-electron chi connectivity index (χ0n) is 13.2. The highest BCUT2D eigenvalue weighted by atomic mass is 16.6. The number of carbonyl (C=O) groups is 2. The standard InChI is InChI=1S/C17H16N2O5/c1-22-12-9-8-11-13(14(12)23-2)17(21)24-16(11)19-18-15(20)10-6-4-3-5-7-10/h3-9,16,19H,1-2H3,(H,18,20). The number of carbonyl (C=O) groups excluding carboxylic acids is 2. The van der Waals surface area contributed by atoms with Crippen LogP contribution in [0.1, 0.15) is 32.5 Å². The summed E-state index contributed by atoms with van der Waals surface area (Å²) in [6.07, 6.45) is -0.806. The maximum absolute atomic E-state index is 12.1. The van der Waals surface area contributed by atoms with Crippen LogP contribution in [0.15, 0.2) is 42.5 Å². The third-order valence-electron chi connectivity index (χ3n) is 3.64. The Morgan fingerprint density at radius 2 is 1.83 bits per heavy atom. The average Bonchev–Trinajstić information content (AvgIpc) is 2.95. The number of methoxy groups -OCH3 is 2. The van der Waals surface area contributed by atoms with Crippen LogP contribution < -0.4 is 20.3 Å². The van der Waals surface area contributed by atoms with Gasteiger partial charge in [0.1, 0.15) is 5.56 Å². The van der Waals surface area contributed by atoms with E-state index in [1.54, 1.807) is 36.4 Å². The van der Waals surface area contributed by atoms with E-state index in [2.05, 4.69) is 10.9 Å². The SMILES string of the molecule is COc1ccc2c(c1OC)C(=O)OC2NNC(=O)c1ccccc1. The molecule has 2 aromatic rings. The molecule has 7 nitrogen and oxygen atoms in total. The first-order chi connectivity index (χ1) is 11.7. The number of fused-ring (bicyclic) bond motifs is 1. The molecule has 1 amide bonds. The van der Waals surface area contributed by atoms with Gasteiger partial charge in [0.25, 0.3) is 5.91 Å². The van der Waals surface area contributed by atoms with Gasteiger partial charge in [-0.15, -0.1) is 0 Å². The summed E-state index contributed by atoms with van der Waals surface area (Å²) in [6.45, 7) is 0. The number of hydrogen-bond donors (Lipinski definition) is 2. The van der Waals surface area contributed by atoms with Gasteiger partial charge in [-0.25, -0.2) is 4.79 Å². The number of esters is 1. The van der Waals surface area contributed by atoms with Crippen molar-refractivity contribution in [1.29, 1.82) is 0 Å². The number of benzene rings is 2. The van der Waals surface area contributed by atoms with Gasteiger partial charge in [-0.05, 0) is 24.3 Å². The molecule has 0 aliphatic carbocycles. The molecular weight excluding hydrogens is 312 g/mol. The smallest absolute Gasteiger partial charge is 0.344 e. The molecule has 7 heteroatoms. The molecule has 0 bridgehead atoms. The van der Waals surface area contributed by atoms with Crippen LogP contribution in [0.4, 0.5) is 0 Å². The van der Waals surface area contributed by atoms with Crippen molar-refractivity contribution in [3.8, 4) is 11.5 Å². The molecule has 0 saturated heterocycles. The molecule has 2 aromatic carbocycles. The van der Waals surface area contributed by atoms with Gasteiger partial charge in [-0.2, -0.15) is 5.43 Å². The lowest BCUT2D eigenvalue weighted by Gasteiger charge is -2.14. The molecule has 0 saturated carbocycles. The van der Waals surface area contributed by atoms with Crippen LogP contribution in [0.3, 0.4) is 0 Å². The third-order valence-corrected chi connectivity index (χ3v) is 3.64. The van der Waals surface area contributed by atoms with E-state index < -0.39 is 12.2 Å². The molecule has 0 aromatic heterocycles. The number of ether oxygens (including phenoxy) is 3. The molecular formula is C17H16N2O5. The number of hydrogen-bond acceptors (Lipinski definition) is 6.